The van der Waals surface area contributed by atoms with E-state index in [4.69, 9.17) is 13.6 Å². The van der Waals surface area contributed by atoms with Crippen LogP contribution in [0.1, 0.15) is 0 Å². The van der Waals surface area contributed by atoms with Crippen LogP contribution in [0, 0.1) is 0 Å². The highest BCUT2D eigenvalue weighted by Crippen LogP contribution is 2.37. The largest absolute Gasteiger partial charge is 0.497 e. The van der Waals surface area contributed by atoms with Crippen LogP contribution in [0.5, 0.6) is 5.75 Å². The highest BCUT2D eigenvalue weighted by atomic mass is 16.5. The van der Waals surface area contributed by atoms with Gasteiger partial charge < -0.3 is 13.6 Å². The zero-order valence-electron chi connectivity index (χ0n) is 15.1. The van der Waals surface area contributed by atoms with E-state index < -0.39 is 0 Å². The predicted molar refractivity (Wildman–Crippen MR) is 110 cm³/mol. The van der Waals surface area contributed by atoms with E-state index in [9.17, 15) is 4.79 Å². The van der Waals surface area contributed by atoms with Gasteiger partial charge in [-0.05, 0) is 34.9 Å². The third-order valence-electron chi connectivity index (χ3n) is 4.90. The lowest BCUT2D eigenvalue weighted by Gasteiger charge is -2.07. The van der Waals surface area contributed by atoms with Gasteiger partial charge in [0.2, 0.25) is 0 Å². The molecule has 4 nitrogen and oxygen atoms in total. The molecule has 136 valence electrons. The first-order chi connectivity index (χ1) is 13.7. The summed E-state index contributed by atoms with van der Waals surface area (Å²) in [4.78, 5) is 12.1. The minimum absolute atomic E-state index is 0.384. The number of fused-ring (bicyclic) bond motifs is 2. The summed E-state index contributed by atoms with van der Waals surface area (Å²) in [6.07, 6.45) is 1.72. The van der Waals surface area contributed by atoms with Crippen molar-refractivity contribution >= 4 is 21.9 Å². The fraction of sp³-hybridized carbons (Fsp3) is 0.0417. The van der Waals surface area contributed by atoms with E-state index in [0.717, 1.165) is 38.8 Å². The lowest BCUT2D eigenvalue weighted by atomic mass is 9.98. The first-order valence-electron chi connectivity index (χ1n) is 8.92. The molecule has 5 aromatic rings. The van der Waals surface area contributed by atoms with E-state index >= 15 is 0 Å². The first kappa shape index (κ1) is 16.4. The van der Waals surface area contributed by atoms with E-state index in [2.05, 4.69) is 0 Å². The van der Waals surface area contributed by atoms with E-state index in [1.54, 1.807) is 19.4 Å². The minimum atomic E-state index is -0.384. The quantitative estimate of drug-likeness (QED) is 0.373. The molecule has 0 radical (unpaired) electrons. The van der Waals surface area contributed by atoms with Gasteiger partial charge in [-0.2, -0.15) is 0 Å². The van der Waals surface area contributed by atoms with Crippen LogP contribution >= 0.6 is 0 Å². The summed E-state index contributed by atoms with van der Waals surface area (Å²) >= 11 is 0. The molecule has 4 heteroatoms. The molecule has 0 saturated carbocycles. The van der Waals surface area contributed by atoms with E-state index in [1.807, 2.05) is 60.7 Å². The molecular weight excluding hydrogens is 352 g/mol. The van der Waals surface area contributed by atoms with Gasteiger partial charge in [0.15, 0.2) is 0 Å². The van der Waals surface area contributed by atoms with Crippen LogP contribution in [0.25, 0.3) is 44.2 Å². The molecule has 2 heterocycles. The SMILES string of the molecule is COc1cccc(-c2coc3cc4oc(=O)cc(-c5ccccc5)c4cc23)c1. The highest BCUT2D eigenvalue weighted by Gasteiger charge is 2.14. The van der Waals surface area contributed by atoms with Crippen molar-refractivity contribution in [2.45, 2.75) is 0 Å². The zero-order valence-corrected chi connectivity index (χ0v) is 15.1. The Morgan fingerprint density at radius 2 is 1.54 bits per heavy atom. The summed E-state index contributed by atoms with van der Waals surface area (Å²) in [5.41, 5.74) is 4.55. The Morgan fingerprint density at radius 3 is 2.36 bits per heavy atom. The molecule has 5 rings (SSSR count). The second-order valence-corrected chi connectivity index (χ2v) is 6.57. The normalized spacial score (nSPS) is 11.2. The van der Waals surface area contributed by atoms with Gasteiger partial charge in [-0.15, -0.1) is 0 Å². The third-order valence-corrected chi connectivity index (χ3v) is 4.90. The van der Waals surface area contributed by atoms with Gasteiger partial charge in [0.1, 0.15) is 16.9 Å². The van der Waals surface area contributed by atoms with Gasteiger partial charge in [0.05, 0.1) is 13.4 Å². The Kier molecular flexibility index (Phi) is 3.76. The summed E-state index contributed by atoms with van der Waals surface area (Å²) < 4.78 is 16.6. The van der Waals surface area contributed by atoms with Crippen LogP contribution in [0.2, 0.25) is 0 Å². The fourth-order valence-electron chi connectivity index (χ4n) is 3.55. The monoisotopic (exact) mass is 368 g/mol. The van der Waals surface area contributed by atoms with Crippen LogP contribution in [0.3, 0.4) is 0 Å². The van der Waals surface area contributed by atoms with Gasteiger partial charge in [-0.3, -0.25) is 0 Å². The average molecular weight is 368 g/mol. The molecule has 0 amide bonds. The van der Waals surface area contributed by atoms with E-state index in [0.29, 0.717) is 11.2 Å². The molecule has 0 aliphatic rings. The summed E-state index contributed by atoms with van der Waals surface area (Å²) in [7, 11) is 1.65. The number of rotatable bonds is 3. The smallest absolute Gasteiger partial charge is 0.336 e. The van der Waals surface area contributed by atoms with Crippen molar-refractivity contribution < 1.29 is 13.6 Å². The molecule has 0 atom stereocenters. The molecule has 28 heavy (non-hydrogen) atoms. The summed E-state index contributed by atoms with van der Waals surface area (Å²) in [6.45, 7) is 0. The molecule has 2 aromatic heterocycles. The van der Waals surface area contributed by atoms with Crippen LogP contribution in [-0.2, 0) is 0 Å². The van der Waals surface area contributed by atoms with Crippen molar-refractivity contribution in [3.05, 3.63) is 89.5 Å². The number of hydrogen-bond acceptors (Lipinski definition) is 4. The Morgan fingerprint density at radius 1 is 0.750 bits per heavy atom. The molecule has 0 aliphatic carbocycles. The number of ether oxygens (including phenoxy) is 1. The van der Waals surface area contributed by atoms with Crippen LogP contribution < -0.4 is 10.4 Å². The highest BCUT2D eigenvalue weighted by molar-refractivity contribution is 6.05. The number of benzene rings is 3. The number of hydrogen-bond donors (Lipinski definition) is 0. The van der Waals surface area contributed by atoms with E-state index in [-0.39, 0.29) is 5.63 Å². The van der Waals surface area contributed by atoms with E-state index in [1.165, 1.54) is 6.07 Å². The molecule has 0 N–H and O–H groups in total. The molecule has 0 spiro atoms. The summed E-state index contributed by atoms with van der Waals surface area (Å²) in [6, 6.07) is 23.0. The number of furan rings is 1. The Balaban J connectivity index is 1.81. The lowest BCUT2D eigenvalue weighted by Crippen LogP contribution is -1.98. The van der Waals surface area contributed by atoms with Crippen molar-refractivity contribution in [1.29, 1.82) is 0 Å². The molecule has 0 aliphatic heterocycles. The fourth-order valence-corrected chi connectivity index (χ4v) is 3.55. The van der Waals surface area contributed by atoms with Crippen molar-refractivity contribution in [1.82, 2.24) is 0 Å². The second-order valence-electron chi connectivity index (χ2n) is 6.57. The molecule has 0 unspecified atom stereocenters. The van der Waals surface area contributed by atoms with Crippen molar-refractivity contribution in [3.63, 3.8) is 0 Å². The standard InChI is InChI=1S/C24H16O4/c1-26-17-9-5-8-16(10-17)21-14-27-22-13-23-19(11-20(21)22)18(12-24(25)28-23)15-6-3-2-4-7-15/h2-14H,1H3. The number of methoxy groups -OCH3 is 1. The predicted octanol–water partition coefficient (Wildman–Crippen LogP) is 5.88. The van der Waals surface area contributed by atoms with Crippen molar-refractivity contribution in [2.24, 2.45) is 0 Å². The minimum Gasteiger partial charge on any atom is -0.497 e. The van der Waals surface area contributed by atoms with Crippen LogP contribution in [0.15, 0.2) is 92.7 Å². The third kappa shape index (κ3) is 2.67. The Hall–Kier alpha value is -3.79. The van der Waals surface area contributed by atoms with Gasteiger partial charge in [0.25, 0.3) is 0 Å². The molecule has 0 fully saturated rings. The lowest BCUT2D eigenvalue weighted by molar-refractivity contribution is 0.415. The summed E-state index contributed by atoms with van der Waals surface area (Å²) in [5, 5.41) is 1.82. The first-order valence-corrected chi connectivity index (χ1v) is 8.92. The second kappa shape index (κ2) is 6.43. The molecule has 0 saturated heterocycles. The van der Waals surface area contributed by atoms with Crippen LogP contribution in [-0.4, -0.2) is 7.11 Å². The topological polar surface area (TPSA) is 52.6 Å². The zero-order chi connectivity index (χ0) is 19.1. The molecule has 3 aromatic carbocycles. The Bertz CT molecular complexity index is 1360. The maximum Gasteiger partial charge on any atom is 0.336 e. The average Bonchev–Trinajstić information content (AvgIpc) is 3.15. The maximum absolute atomic E-state index is 12.1. The van der Waals surface area contributed by atoms with Gasteiger partial charge in [-0.25, -0.2) is 4.79 Å². The van der Waals surface area contributed by atoms with Crippen molar-refractivity contribution in [3.8, 4) is 28.0 Å². The van der Waals surface area contributed by atoms with Crippen molar-refractivity contribution in [2.75, 3.05) is 7.11 Å². The molecule has 0 bridgehead atoms. The Labute approximate surface area is 160 Å². The van der Waals surface area contributed by atoms with Gasteiger partial charge >= 0.3 is 5.63 Å². The van der Waals surface area contributed by atoms with Crippen LogP contribution in [0.4, 0.5) is 0 Å². The maximum atomic E-state index is 12.1. The van der Waals surface area contributed by atoms with Gasteiger partial charge in [-0.1, -0.05) is 42.5 Å². The van der Waals surface area contributed by atoms with Gasteiger partial charge in [0, 0.05) is 28.5 Å². The molecular formula is C24H16O4. The summed E-state index contributed by atoms with van der Waals surface area (Å²) in [5.74, 6) is 0.781.